The van der Waals surface area contributed by atoms with Gasteiger partial charge in [0, 0.05) is 13.2 Å². The summed E-state index contributed by atoms with van der Waals surface area (Å²) >= 11 is 0. The van der Waals surface area contributed by atoms with Gasteiger partial charge < -0.3 is 24.6 Å². The maximum absolute atomic E-state index is 12.1. The molecule has 1 aromatic carbocycles. The van der Waals surface area contributed by atoms with Gasteiger partial charge in [-0.2, -0.15) is 5.26 Å². The van der Waals surface area contributed by atoms with Gasteiger partial charge in [-0.15, -0.1) is 0 Å². The lowest BCUT2D eigenvalue weighted by Crippen LogP contribution is -2.32. The Morgan fingerprint density at radius 1 is 1.46 bits per heavy atom. The predicted octanol–water partition coefficient (Wildman–Crippen LogP) is 1.61. The average Bonchev–Trinajstić information content (AvgIpc) is 3.12. The Hall–Kier alpha value is -2.72. The van der Waals surface area contributed by atoms with Crippen LogP contribution in [0.5, 0.6) is 17.2 Å². The average molecular weight is 332 g/mol. The molecule has 0 aliphatic carbocycles. The number of hydrogen-bond acceptors (Lipinski definition) is 6. The molecule has 7 nitrogen and oxygen atoms in total. The van der Waals surface area contributed by atoms with E-state index >= 15 is 0 Å². The Morgan fingerprint density at radius 2 is 2.12 bits per heavy atom. The van der Waals surface area contributed by atoms with Crippen LogP contribution in [0.15, 0.2) is 17.7 Å². The van der Waals surface area contributed by atoms with Crippen molar-refractivity contribution in [2.24, 2.45) is 0 Å². The zero-order chi connectivity index (χ0) is 17.5. The fraction of sp³-hybridized carbons (Fsp3) is 0.412. The number of carbonyl (C=O) groups is 1. The number of nitriles is 1. The van der Waals surface area contributed by atoms with Crippen LogP contribution in [-0.4, -0.2) is 44.5 Å². The van der Waals surface area contributed by atoms with Gasteiger partial charge >= 0.3 is 0 Å². The molecule has 1 aromatic rings. The van der Waals surface area contributed by atoms with Gasteiger partial charge in [-0.3, -0.25) is 4.79 Å². The van der Waals surface area contributed by atoms with Crippen molar-refractivity contribution in [1.29, 1.82) is 5.26 Å². The fourth-order valence-electron chi connectivity index (χ4n) is 2.42. The highest BCUT2D eigenvalue weighted by molar-refractivity contribution is 6.01. The lowest BCUT2D eigenvalue weighted by atomic mass is 10.1. The summed E-state index contributed by atoms with van der Waals surface area (Å²) in [6, 6.07) is 4.91. The lowest BCUT2D eigenvalue weighted by molar-refractivity contribution is -0.117. The van der Waals surface area contributed by atoms with Crippen LogP contribution < -0.4 is 14.8 Å². The van der Waals surface area contributed by atoms with Gasteiger partial charge in [0.05, 0.1) is 20.3 Å². The van der Waals surface area contributed by atoms with Gasteiger partial charge in [-0.25, -0.2) is 0 Å². The van der Waals surface area contributed by atoms with Crippen LogP contribution in [0.1, 0.15) is 18.4 Å². The molecule has 7 heteroatoms. The second-order valence-electron chi connectivity index (χ2n) is 5.29. The van der Waals surface area contributed by atoms with E-state index in [1.807, 2.05) is 6.07 Å². The Morgan fingerprint density at radius 3 is 2.62 bits per heavy atom. The number of hydrogen-bond donors (Lipinski definition) is 2. The molecule has 1 atom stereocenters. The van der Waals surface area contributed by atoms with E-state index in [0.717, 1.165) is 12.8 Å². The number of ether oxygens (including phenoxy) is 3. The lowest BCUT2D eigenvalue weighted by Gasteiger charge is -2.11. The number of carbonyl (C=O) groups excluding carboxylic acids is 1. The molecule has 0 spiro atoms. The van der Waals surface area contributed by atoms with E-state index < -0.39 is 5.91 Å². The van der Waals surface area contributed by atoms with Crippen LogP contribution in [-0.2, 0) is 9.53 Å². The number of methoxy groups -OCH3 is 2. The molecule has 1 unspecified atom stereocenters. The zero-order valence-corrected chi connectivity index (χ0v) is 13.7. The number of rotatable bonds is 6. The second kappa shape index (κ2) is 8.22. The van der Waals surface area contributed by atoms with Gasteiger partial charge in [0.2, 0.25) is 5.75 Å². The van der Waals surface area contributed by atoms with E-state index in [0.29, 0.717) is 18.7 Å². The molecule has 128 valence electrons. The molecule has 1 fully saturated rings. The van der Waals surface area contributed by atoms with E-state index in [4.69, 9.17) is 14.2 Å². The van der Waals surface area contributed by atoms with Crippen molar-refractivity contribution >= 4 is 12.0 Å². The molecule has 1 aliphatic heterocycles. The summed E-state index contributed by atoms with van der Waals surface area (Å²) in [5.41, 5.74) is 0.452. The van der Waals surface area contributed by atoms with E-state index in [-0.39, 0.29) is 28.9 Å². The number of benzene rings is 1. The quantitative estimate of drug-likeness (QED) is 0.606. The molecular weight excluding hydrogens is 312 g/mol. The third kappa shape index (κ3) is 4.18. The third-order valence-electron chi connectivity index (χ3n) is 3.69. The van der Waals surface area contributed by atoms with Crippen molar-refractivity contribution in [3.05, 3.63) is 23.3 Å². The molecule has 1 amide bonds. The van der Waals surface area contributed by atoms with E-state index in [1.165, 1.54) is 32.4 Å². The molecule has 0 radical (unpaired) electrons. The third-order valence-corrected chi connectivity index (χ3v) is 3.69. The molecule has 1 heterocycles. The monoisotopic (exact) mass is 332 g/mol. The predicted molar refractivity (Wildman–Crippen MR) is 86.8 cm³/mol. The van der Waals surface area contributed by atoms with Crippen LogP contribution in [0.2, 0.25) is 0 Å². The molecular formula is C17H20N2O5. The largest absolute Gasteiger partial charge is 0.502 e. The molecule has 0 saturated carbocycles. The highest BCUT2D eigenvalue weighted by atomic mass is 16.5. The second-order valence-corrected chi connectivity index (χ2v) is 5.29. The standard InChI is InChI=1S/C17H20N2O5/c1-22-14-7-11(8-15(23-2)16(14)20)6-12(9-18)17(21)19-10-13-4-3-5-24-13/h6-8,13,20H,3-5,10H2,1-2H3,(H,19,21)/b12-6-. The fourth-order valence-corrected chi connectivity index (χ4v) is 2.42. The van der Waals surface area contributed by atoms with Crippen LogP contribution >= 0.6 is 0 Å². The number of nitrogens with zero attached hydrogens (tertiary/aromatic N) is 1. The molecule has 1 aliphatic rings. The minimum atomic E-state index is -0.473. The minimum absolute atomic E-state index is 0.00255. The van der Waals surface area contributed by atoms with Crippen molar-refractivity contribution in [2.75, 3.05) is 27.4 Å². The molecule has 1 saturated heterocycles. The molecule has 2 N–H and O–H groups in total. The number of nitrogens with one attached hydrogen (secondary N) is 1. The maximum atomic E-state index is 12.1. The van der Waals surface area contributed by atoms with E-state index in [9.17, 15) is 15.2 Å². The summed E-state index contributed by atoms with van der Waals surface area (Å²) in [5.74, 6) is -0.229. The van der Waals surface area contributed by atoms with Gasteiger partial charge in [0.25, 0.3) is 5.91 Å². The number of phenolic OH excluding ortho intramolecular Hbond substituents is 1. The molecule has 2 rings (SSSR count). The first-order valence-corrected chi connectivity index (χ1v) is 7.55. The van der Waals surface area contributed by atoms with Crippen LogP contribution in [0, 0.1) is 11.3 Å². The summed E-state index contributed by atoms with van der Waals surface area (Å²) in [6.07, 6.45) is 3.30. The zero-order valence-electron chi connectivity index (χ0n) is 13.7. The Labute approximate surface area is 140 Å². The minimum Gasteiger partial charge on any atom is -0.502 e. The van der Waals surface area contributed by atoms with Gasteiger partial charge in [0.15, 0.2) is 11.5 Å². The number of aromatic hydroxyl groups is 1. The Balaban J connectivity index is 2.16. The normalized spacial score (nSPS) is 17.2. The van der Waals surface area contributed by atoms with Gasteiger partial charge in [-0.05, 0) is 36.6 Å². The van der Waals surface area contributed by atoms with Crippen molar-refractivity contribution in [2.45, 2.75) is 18.9 Å². The Kier molecular flexibility index (Phi) is 6.04. The van der Waals surface area contributed by atoms with E-state index in [1.54, 1.807) is 0 Å². The summed E-state index contributed by atoms with van der Waals surface area (Å²) in [6.45, 7) is 1.08. The summed E-state index contributed by atoms with van der Waals surface area (Å²) in [7, 11) is 2.81. The SMILES string of the molecule is COc1cc(/C=C(/C#N)C(=O)NCC2CCCO2)cc(OC)c1O. The molecule has 0 bridgehead atoms. The highest BCUT2D eigenvalue weighted by Crippen LogP contribution is 2.37. The topological polar surface area (TPSA) is 101 Å². The number of phenols is 1. The van der Waals surface area contributed by atoms with Crippen LogP contribution in [0.4, 0.5) is 0 Å². The van der Waals surface area contributed by atoms with Gasteiger partial charge in [-0.1, -0.05) is 0 Å². The number of amides is 1. The first-order valence-electron chi connectivity index (χ1n) is 7.55. The van der Waals surface area contributed by atoms with Crippen molar-refractivity contribution in [3.8, 4) is 23.3 Å². The van der Waals surface area contributed by atoms with Gasteiger partial charge in [0.1, 0.15) is 11.6 Å². The van der Waals surface area contributed by atoms with Crippen molar-refractivity contribution in [1.82, 2.24) is 5.32 Å². The highest BCUT2D eigenvalue weighted by Gasteiger charge is 2.18. The Bertz CT molecular complexity index is 647. The molecule has 0 aromatic heterocycles. The molecule has 24 heavy (non-hydrogen) atoms. The van der Waals surface area contributed by atoms with Crippen molar-refractivity contribution in [3.63, 3.8) is 0 Å². The maximum Gasteiger partial charge on any atom is 0.262 e. The van der Waals surface area contributed by atoms with Crippen molar-refractivity contribution < 1.29 is 24.1 Å². The first kappa shape index (κ1) is 17.6. The summed E-state index contributed by atoms with van der Waals surface area (Å²) < 4.78 is 15.5. The smallest absolute Gasteiger partial charge is 0.262 e. The first-order chi connectivity index (χ1) is 11.6. The van der Waals surface area contributed by atoms with Crippen LogP contribution in [0.25, 0.3) is 6.08 Å². The van der Waals surface area contributed by atoms with E-state index in [2.05, 4.69) is 5.32 Å². The van der Waals surface area contributed by atoms with Crippen LogP contribution in [0.3, 0.4) is 0 Å². The summed E-state index contributed by atoms with van der Waals surface area (Å²) in [5, 5.41) is 21.8. The summed E-state index contributed by atoms with van der Waals surface area (Å²) in [4.78, 5) is 12.1.